The van der Waals surface area contributed by atoms with Crippen molar-refractivity contribution in [3.05, 3.63) is 0 Å². The molecule has 1 amide bonds. The molecule has 0 aromatic carbocycles. The van der Waals surface area contributed by atoms with Gasteiger partial charge in [0.2, 0.25) is 0 Å². The second-order valence-corrected chi connectivity index (χ2v) is 4.38. The topological polar surface area (TPSA) is 46.6 Å². The van der Waals surface area contributed by atoms with E-state index in [0.717, 1.165) is 32.0 Å². The molecule has 3 atom stereocenters. The van der Waals surface area contributed by atoms with Crippen LogP contribution in [0.5, 0.6) is 0 Å². The molecule has 0 aromatic rings. The number of aldehydes is 1. The molecule has 2 fully saturated rings. The molecule has 0 radical (unpaired) electrons. The molecule has 15 heavy (non-hydrogen) atoms. The van der Waals surface area contributed by atoms with Gasteiger partial charge in [-0.2, -0.15) is 0 Å². The van der Waals surface area contributed by atoms with Gasteiger partial charge in [-0.05, 0) is 25.2 Å². The maximum atomic E-state index is 11.7. The van der Waals surface area contributed by atoms with Crippen molar-refractivity contribution in [1.29, 1.82) is 0 Å². The molecule has 1 aliphatic heterocycles. The summed E-state index contributed by atoms with van der Waals surface area (Å²) in [7, 11) is 0. The van der Waals surface area contributed by atoms with Crippen LogP contribution in [0.1, 0.15) is 32.6 Å². The number of nitrogens with zero attached hydrogens (tertiary/aromatic N) is 1. The normalized spacial score (nSPS) is 32.3. The third-order valence-electron chi connectivity index (χ3n) is 3.24. The predicted octanol–water partition coefficient (Wildman–Crippen LogP) is 1.58. The number of rotatable bonds is 4. The second kappa shape index (κ2) is 4.21. The van der Waals surface area contributed by atoms with Crippen molar-refractivity contribution in [3.63, 3.8) is 0 Å². The quantitative estimate of drug-likeness (QED) is 0.524. The van der Waals surface area contributed by atoms with E-state index in [0.29, 0.717) is 12.5 Å². The molecule has 0 spiro atoms. The molecule has 0 N–H and O–H groups in total. The van der Waals surface area contributed by atoms with Gasteiger partial charge in [-0.1, -0.05) is 13.3 Å². The lowest BCUT2D eigenvalue weighted by atomic mass is 10.2. The Balaban J connectivity index is 1.85. The van der Waals surface area contributed by atoms with Crippen LogP contribution in [0, 0.1) is 5.92 Å². The Kier molecular flexibility index (Phi) is 2.93. The average molecular weight is 211 g/mol. The van der Waals surface area contributed by atoms with Gasteiger partial charge in [0.25, 0.3) is 0 Å². The van der Waals surface area contributed by atoms with Gasteiger partial charge in [-0.15, -0.1) is 0 Å². The minimum atomic E-state index is -0.300. The molecule has 1 saturated carbocycles. The number of fused-ring (bicyclic) bond motifs is 1. The summed E-state index contributed by atoms with van der Waals surface area (Å²) in [5, 5.41) is 0. The number of hydrogen-bond donors (Lipinski definition) is 0. The number of amides is 1. The summed E-state index contributed by atoms with van der Waals surface area (Å²) >= 11 is 0. The fourth-order valence-corrected chi connectivity index (χ4v) is 2.27. The Morgan fingerprint density at radius 3 is 3.00 bits per heavy atom. The zero-order chi connectivity index (χ0) is 10.8. The number of piperidine rings is 1. The first-order valence-corrected chi connectivity index (χ1v) is 5.68. The van der Waals surface area contributed by atoms with E-state index in [1.54, 1.807) is 4.90 Å². The minimum absolute atomic E-state index is 0.233. The van der Waals surface area contributed by atoms with Crippen LogP contribution < -0.4 is 0 Å². The standard InChI is InChI=1S/C11H17NO3/c1-2-3-4-15-11(14)12-9(7-13)5-8-6-10(8)12/h7-10H,2-6H2,1H3. The molecular formula is C11H17NO3. The van der Waals surface area contributed by atoms with Crippen molar-refractivity contribution in [3.8, 4) is 0 Å². The molecule has 4 heteroatoms. The van der Waals surface area contributed by atoms with Crippen LogP contribution in [0.2, 0.25) is 0 Å². The van der Waals surface area contributed by atoms with Crippen LogP contribution in [0.25, 0.3) is 0 Å². The molecule has 0 aromatic heterocycles. The number of unbranched alkanes of at least 4 members (excludes halogenated alkanes) is 1. The van der Waals surface area contributed by atoms with Gasteiger partial charge in [0.15, 0.2) is 0 Å². The molecule has 0 bridgehead atoms. The lowest BCUT2D eigenvalue weighted by Crippen LogP contribution is -2.39. The van der Waals surface area contributed by atoms with Crippen molar-refractivity contribution in [1.82, 2.24) is 4.90 Å². The first-order chi connectivity index (χ1) is 7.27. The smallest absolute Gasteiger partial charge is 0.410 e. The average Bonchev–Trinajstić information content (AvgIpc) is 2.89. The second-order valence-electron chi connectivity index (χ2n) is 4.38. The van der Waals surface area contributed by atoms with Crippen molar-refractivity contribution >= 4 is 12.4 Å². The molecule has 4 nitrogen and oxygen atoms in total. The molecule has 1 heterocycles. The fourth-order valence-electron chi connectivity index (χ4n) is 2.27. The summed E-state index contributed by atoms with van der Waals surface area (Å²) < 4.78 is 5.12. The lowest BCUT2D eigenvalue weighted by molar-refractivity contribution is -0.111. The van der Waals surface area contributed by atoms with Crippen molar-refractivity contribution in [2.75, 3.05) is 6.61 Å². The van der Waals surface area contributed by atoms with Gasteiger partial charge in [-0.3, -0.25) is 4.90 Å². The summed E-state index contributed by atoms with van der Waals surface area (Å²) in [5.41, 5.74) is 0. The molecule has 2 aliphatic rings. The highest BCUT2D eigenvalue weighted by Gasteiger charge is 2.54. The third kappa shape index (κ3) is 1.98. The molecule has 1 aliphatic carbocycles. The number of likely N-dealkylation sites (tertiary alicyclic amines) is 1. The summed E-state index contributed by atoms with van der Waals surface area (Å²) in [6.45, 7) is 2.52. The Morgan fingerprint density at radius 1 is 1.53 bits per heavy atom. The van der Waals surface area contributed by atoms with Crippen LogP contribution in [0.3, 0.4) is 0 Å². The Bertz CT molecular complexity index is 267. The van der Waals surface area contributed by atoms with Crippen LogP contribution >= 0.6 is 0 Å². The first kappa shape index (κ1) is 10.5. The van der Waals surface area contributed by atoms with E-state index in [1.807, 2.05) is 0 Å². The summed E-state index contributed by atoms with van der Waals surface area (Å²) in [4.78, 5) is 24.1. The maximum absolute atomic E-state index is 11.7. The van der Waals surface area contributed by atoms with E-state index in [1.165, 1.54) is 0 Å². The molecule has 2 rings (SSSR count). The zero-order valence-corrected chi connectivity index (χ0v) is 9.02. The van der Waals surface area contributed by atoms with Crippen molar-refractivity contribution in [2.45, 2.75) is 44.7 Å². The highest BCUT2D eigenvalue weighted by molar-refractivity contribution is 5.75. The number of carbonyl (C=O) groups excluding carboxylic acids is 2. The summed E-state index contributed by atoms with van der Waals surface area (Å²) in [6, 6.07) is 0.0530. The van der Waals surface area contributed by atoms with Gasteiger partial charge in [0, 0.05) is 6.04 Å². The van der Waals surface area contributed by atoms with Crippen molar-refractivity contribution in [2.24, 2.45) is 5.92 Å². The SMILES string of the molecule is CCCCOC(=O)N1C(C=O)CC2CC21. The van der Waals surface area contributed by atoms with Crippen LogP contribution in [-0.2, 0) is 9.53 Å². The molecule has 1 saturated heterocycles. The number of ether oxygens (including phenoxy) is 1. The monoisotopic (exact) mass is 211 g/mol. The van der Waals surface area contributed by atoms with Gasteiger partial charge >= 0.3 is 6.09 Å². The first-order valence-electron chi connectivity index (χ1n) is 5.68. The van der Waals surface area contributed by atoms with Gasteiger partial charge in [0.1, 0.15) is 6.29 Å². The van der Waals surface area contributed by atoms with E-state index < -0.39 is 0 Å². The number of hydrogen-bond acceptors (Lipinski definition) is 3. The number of carbonyl (C=O) groups is 2. The van der Waals surface area contributed by atoms with Crippen LogP contribution in [0.4, 0.5) is 4.79 Å². The minimum Gasteiger partial charge on any atom is -0.449 e. The van der Waals surface area contributed by atoms with Gasteiger partial charge in [0.05, 0.1) is 12.6 Å². The lowest BCUT2D eigenvalue weighted by Gasteiger charge is -2.22. The van der Waals surface area contributed by atoms with E-state index in [9.17, 15) is 9.59 Å². The van der Waals surface area contributed by atoms with Gasteiger partial charge < -0.3 is 9.53 Å². The predicted molar refractivity (Wildman–Crippen MR) is 54.5 cm³/mol. The van der Waals surface area contributed by atoms with E-state index in [2.05, 4.69) is 6.92 Å². The van der Waals surface area contributed by atoms with E-state index >= 15 is 0 Å². The maximum Gasteiger partial charge on any atom is 0.410 e. The largest absolute Gasteiger partial charge is 0.449 e. The highest BCUT2D eigenvalue weighted by Crippen LogP contribution is 2.47. The Morgan fingerprint density at radius 2 is 2.33 bits per heavy atom. The van der Waals surface area contributed by atoms with Crippen molar-refractivity contribution < 1.29 is 14.3 Å². The fraction of sp³-hybridized carbons (Fsp3) is 0.818. The van der Waals surface area contributed by atoms with E-state index in [-0.39, 0.29) is 18.2 Å². The van der Waals surface area contributed by atoms with E-state index in [4.69, 9.17) is 4.74 Å². The Labute approximate surface area is 89.6 Å². The molecule has 3 unspecified atom stereocenters. The summed E-state index contributed by atoms with van der Waals surface area (Å²) in [5.74, 6) is 0.555. The highest BCUT2D eigenvalue weighted by atomic mass is 16.6. The third-order valence-corrected chi connectivity index (χ3v) is 3.24. The Hall–Kier alpha value is -1.06. The molecular weight excluding hydrogens is 194 g/mol. The van der Waals surface area contributed by atoms with Gasteiger partial charge in [-0.25, -0.2) is 4.79 Å². The molecule has 84 valence electrons. The zero-order valence-electron chi connectivity index (χ0n) is 9.02. The van der Waals surface area contributed by atoms with Crippen LogP contribution in [-0.4, -0.2) is 36.0 Å². The van der Waals surface area contributed by atoms with Crippen LogP contribution in [0.15, 0.2) is 0 Å². The summed E-state index contributed by atoms with van der Waals surface area (Å²) in [6.07, 6.45) is 4.35.